The smallest absolute Gasteiger partial charge is 0.404 e. The molecule has 6 heteroatoms. The molecule has 0 aliphatic carbocycles. The largest absolute Gasteiger partial charge is 0.465 e. The van der Waals surface area contributed by atoms with E-state index in [-0.39, 0.29) is 5.92 Å². The second-order valence-corrected chi connectivity index (χ2v) is 5.59. The Balaban J connectivity index is 1.93. The molecule has 2 aromatic carbocycles. The van der Waals surface area contributed by atoms with E-state index in [4.69, 9.17) is 5.11 Å². The molecule has 3 rings (SSSR count). The molecule has 0 aromatic heterocycles. The third-order valence-corrected chi connectivity index (χ3v) is 3.99. The van der Waals surface area contributed by atoms with Gasteiger partial charge in [0.15, 0.2) is 11.6 Å². The summed E-state index contributed by atoms with van der Waals surface area (Å²) in [6.45, 7) is 0.839. The fourth-order valence-corrected chi connectivity index (χ4v) is 2.94. The molecule has 0 saturated carbocycles. The van der Waals surface area contributed by atoms with Crippen LogP contribution < -0.4 is 10.2 Å². The molecule has 2 N–H and O–H groups in total. The fourth-order valence-electron chi connectivity index (χ4n) is 2.94. The molecule has 2 aromatic rings. The molecular weight excluding hydrogens is 302 g/mol. The molecule has 0 spiro atoms. The van der Waals surface area contributed by atoms with Crippen LogP contribution in [0.5, 0.6) is 0 Å². The van der Waals surface area contributed by atoms with Crippen molar-refractivity contribution in [3.63, 3.8) is 0 Å². The molecule has 1 atom stereocenters. The highest BCUT2D eigenvalue weighted by molar-refractivity contribution is 5.68. The Bertz CT molecular complexity index is 736. The highest BCUT2D eigenvalue weighted by atomic mass is 19.2. The zero-order valence-corrected chi connectivity index (χ0v) is 12.3. The molecule has 4 nitrogen and oxygen atoms in total. The summed E-state index contributed by atoms with van der Waals surface area (Å²) in [6.07, 6.45) is -0.334. The monoisotopic (exact) mass is 318 g/mol. The van der Waals surface area contributed by atoms with Crippen molar-refractivity contribution in [3.05, 3.63) is 59.7 Å². The quantitative estimate of drug-likeness (QED) is 0.910. The van der Waals surface area contributed by atoms with Gasteiger partial charge in [0.25, 0.3) is 0 Å². The van der Waals surface area contributed by atoms with Crippen LogP contribution in [0, 0.1) is 17.6 Å². The van der Waals surface area contributed by atoms with Gasteiger partial charge >= 0.3 is 6.09 Å². The number of fused-ring (bicyclic) bond motifs is 1. The maximum Gasteiger partial charge on any atom is 0.404 e. The van der Waals surface area contributed by atoms with Crippen molar-refractivity contribution in [2.24, 2.45) is 5.92 Å². The number of hydrogen-bond donors (Lipinski definition) is 2. The van der Waals surface area contributed by atoms with E-state index in [0.717, 1.165) is 23.7 Å². The van der Waals surface area contributed by atoms with Gasteiger partial charge in [-0.2, -0.15) is 0 Å². The zero-order valence-electron chi connectivity index (χ0n) is 12.3. The molecule has 0 bridgehead atoms. The van der Waals surface area contributed by atoms with E-state index in [1.807, 2.05) is 29.2 Å². The van der Waals surface area contributed by atoms with Crippen LogP contribution in [0.3, 0.4) is 0 Å². The highest BCUT2D eigenvalue weighted by Gasteiger charge is 2.26. The molecule has 1 unspecified atom stereocenters. The van der Waals surface area contributed by atoms with Gasteiger partial charge < -0.3 is 15.3 Å². The third kappa shape index (κ3) is 3.26. The van der Waals surface area contributed by atoms with E-state index in [9.17, 15) is 13.6 Å². The number of carboxylic acid groups (broad SMARTS) is 1. The first-order valence-corrected chi connectivity index (χ1v) is 7.32. The lowest BCUT2D eigenvalue weighted by molar-refractivity contribution is 0.192. The highest BCUT2D eigenvalue weighted by Crippen LogP contribution is 2.35. The number of hydrogen-bond acceptors (Lipinski definition) is 2. The summed E-state index contributed by atoms with van der Waals surface area (Å²) in [7, 11) is 0. The van der Waals surface area contributed by atoms with Crippen molar-refractivity contribution in [2.75, 3.05) is 18.0 Å². The maximum absolute atomic E-state index is 13.6. The van der Waals surface area contributed by atoms with E-state index in [1.54, 1.807) is 0 Å². The number of nitrogens with zero attached hydrogens (tertiary/aromatic N) is 1. The van der Waals surface area contributed by atoms with Crippen LogP contribution in [0.2, 0.25) is 0 Å². The van der Waals surface area contributed by atoms with E-state index in [2.05, 4.69) is 5.32 Å². The third-order valence-electron chi connectivity index (χ3n) is 3.99. The number of rotatable bonds is 3. The first-order chi connectivity index (χ1) is 11.0. The first kappa shape index (κ1) is 15.3. The minimum absolute atomic E-state index is 0.0501. The summed E-state index contributed by atoms with van der Waals surface area (Å²) in [6, 6.07) is 11.5. The van der Waals surface area contributed by atoms with Crippen molar-refractivity contribution >= 4 is 17.5 Å². The predicted molar refractivity (Wildman–Crippen MR) is 83.0 cm³/mol. The van der Waals surface area contributed by atoms with Crippen LogP contribution >= 0.6 is 0 Å². The van der Waals surface area contributed by atoms with Gasteiger partial charge in [0.05, 0.1) is 0 Å². The molecule has 0 fully saturated rings. The number of para-hydroxylation sites is 1. The standard InChI is InChI=1S/C17H16F2N2O2/c18-14-6-5-13(8-15(14)19)21-10-11(9-20-17(22)23)7-12-3-1-2-4-16(12)21/h1-6,8,11,20H,7,9-10H2,(H,22,23). The van der Waals surface area contributed by atoms with Crippen LogP contribution in [0.4, 0.5) is 25.0 Å². The number of carbonyl (C=O) groups is 1. The Morgan fingerprint density at radius 1 is 1.22 bits per heavy atom. The van der Waals surface area contributed by atoms with Crippen LogP contribution in [0.1, 0.15) is 5.56 Å². The fraction of sp³-hybridized carbons (Fsp3) is 0.235. The van der Waals surface area contributed by atoms with E-state index in [0.29, 0.717) is 18.8 Å². The zero-order chi connectivity index (χ0) is 16.4. The Hall–Kier alpha value is -2.63. The average Bonchev–Trinajstić information content (AvgIpc) is 2.54. The van der Waals surface area contributed by atoms with Gasteiger partial charge in [0.2, 0.25) is 0 Å². The first-order valence-electron chi connectivity index (χ1n) is 7.32. The molecular formula is C17H16F2N2O2. The SMILES string of the molecule is O=C(O)NCC1Cc2ccccc2N(c2ccc(F)c(F)c2)C1. The number of amides is 1. The number of anilines is 2. The summed E-state index contributed by atoms with van der Waals surface area (Å²) in [5, 5.41) is 11.2. The number of benzene rings is 2. The maximum atomic E-state index is 13.6. The summed E-state index contributed by atoms with van der Waals surface area (Å²) in [5.41, 5.74) is 2.54. The summed E-state index contributed by atoms with van der Waals surface area (Å²) < 4.78 is 26.7. The Morgan fingerprint density at radius 3 is 2.74 bits per heavy atom. The summed E-state index contributed by atoms with van der Waals surface area (Å²) >= 11 is 0. The van der Waals surface area contributed by atoms with Gasteiger partial charge in [-0.15, -0.1) is 0 Å². The van der Waals surface area contributed by atoms with Crippen LogP contribution in [-0.4, -0.2) is 24.3 Å². The van der Waals surface area contributed by atoms with Gasteiger partial charge in [-0.3, -0.25) is 0 Å². The average molecular weight is 318 g/mol. The normalized spacial score (nSPS) is 16.8. The molecule has 23 heavy (non-hydrogen) atoms. The second kappa shape index (κ2) is 6.24. The van der Waals surface area contributed by atoms with Crippen LogP contribution in [0.15, 0.2) is 42.5 Å². The van der Waals surface area contributed by atoms with Gasteiger partial charge in [-0.1, -0.05) is 18.2 Å². The minimum atomic E-state index is -1.07. The summed E-state index contributed by atoms with van der Waals surface area (Å²) in [5.74, 6) is -1.73. The predicted octanol–water partition coefficient (Wildman–Crippen LogP) is 3.54. The van der Waals surface area contributed by atoms with Crippen LogP contribution in [-0.2, 0) is 6.42 Å². The topological polar surface area (TPSA) is 52.6 Å². The van der Waals surface area contributed by atoms with E-state index in [1.165, 1.54) is 12.1 Å². The minimum Gasteiger partial charge on any atom is -0.465 e. The van der Waals surface area contributed by atoms with Crippen molar-refractivity contribution in [3.8, 4) is 0 Å². The number of nitrogens with one attached hydrogen (secondary N) is 1. The Labute approximate surface area is 132 Å². The van der Waals surface area contributed by atoms with Crippen molar-refractivity contribution in [1.29, 1.82) is 0 Å². The Morgan fingerprint density at radius 2 is 2.00 bits per heavy atom. The lowest BCUT2D eigenvalue weighted by Gasteiger charge is -2.36. The molecule has 120 valence electrons. The van der Waals surface area contributed by atoms with Gasteiger partial charge in [0, 0.05) is 30.5 Å². The van der Waals surface area contributed by atoms with Gasteiger partial charge in [0.1, 0.15) is 0 Å². The van der Waals surface area contributed by atoms with Gasteiger partial charge in [-0.25, -0.2) is 13.6 Å². The summed E-state index contributed by atoms with van der Waals surface area (Å²) in [4.78, 5) is 12.6. The van der Waals surface area contributed by atoms with Crippen molar-refractivity contribution in [2.45, 2.75) is 6.42 Å². The molecule has 1 aliphatic rings. The van der Waals surface area contributed by atoms with Crippen molar-refractivity contribution in [1.82, 2.24) is 5.32 Å². The lowest BCUT2D eigenvalue weighted by Crippen LogP contribution is -2.39. The van der Waals surface area contributed by atoms with Crippen LogP contribution in [0.25, 0.3) is 0 Å². The van der Waals surface area contributed by atoms with E-state index >= 15 is 0 Å². The Kier molecular flexibility index (Phi) is 4.14. The molecule has 1 heterocycles. The second-order valence-electron chi connectivity index (χ2n) is 5.59. The van der Waals surface area contributed by atoms with Crippen molar-refractivity contribution < 1.29 is 18.7 Å². The van der Waals surface area contributed by atoms with Gasteiger partial charge in [-0.05, 0) is 36.1 Å². The molecule has 1 amide bonds. The lowest BCUT2D eigenvalue weighted by atomic mass is 9.92. The van der Waals surface area contributed by atoms with E-state index < -0.39 is 17.7 Å². The molecule has 1 aliphatic heterocycles. The molecule has 0 radical (unpaired) electrons. The number of halogens is 2. The molecule has 0 saturated heterocycles.